The smallest absolute Gasteiger partial charge is 0.226 e. The molecule has 0 atom stereocenters. The molecule has 2 aliphatic rings. The average molecular weight is 354 g/mol. The zero-order valence-electron chi connectivity index (χ0n) is 15.9. The van der Waals surface area contributed by atoms with Gasteiger partial charge in [-0.3, -0.25) is 0 Å². The van der Waals surface area contributed by atoms with Gasteiger partial charge < -0.3 is 15.3 Å². The summed E-state index contributed by atoms with van der Waals surface area (Å²) in [5, 5.41) is 14.6. The third kappa shape index (κ3) is 3.84. The zero-order chi connectivity index (χ0) is 18.1. The number of rotatable bonds is 3. The quantitative estimate of drug-likeness (QED) is 0.887. The van der Waals surface area contributed by atoms with Crippen LogP contribution in [-0.2, 0) is 0 Å². The number of anilines is 1. The van der Waals surface area contributed by atoms with E-state index < -0.39 is 0 Å². The lowest BCUT2D eigenvalue weighted by Crippen LogP contribution is -2.47. The molecule has 0 spiro atoms. The van der Waals surface area contributed by atoms with Crippen LogP contribution in [0.2, 0.25) is 0 Å². The lowest BCUT2D eigenvalue weighted by Gasteiger charge is -2.36. The molecule has 5 heteroatoms. The molecule has 0 radical (unpaired) electrons. The molecule has 2 N–H and O–H groups in total. The minimum absolute atomic E-state index is 0.0769. The van der Waals surface area contributed by atoms with E-state index in [0.29, 0.717) is 12.1 Å². The van der Waals surface area contributed by atoms with Gasteiger partial charge in [-0.2, -0.15) is 0 Å². The van der Waals surface area contributed by atoms with Crippen molar-refractivity contribution in [3.05, 3.63) is 29.5 Å². The molecule has 140 valence electrons. The molecule has 1 aliphatic heterocycles. The summed E-state index contributed by atoms with van der Waals surface area (Å²) in [6.45, 7) is 6.20. The first kappa shape index (κ1) is 17.7. The standard InChI is InChI=1S/C21H30N4O/c1-14-3-8-20-19(13-14)15(2)22-21(24-20)25-11-9-17(10-12-25)23-16-4-6-18(26)7-5-16/h3,8,13,16-18,23,26H,4-7,9-12H2,1-2H3. The van der Waals surface area contributed by atoms with E-state index in [2.05, 4.69) is 42.3 Å². The fraction of sp³-hybridized carbons (Fsp3) is 0.619. The Balaban J connectivity index is 1.38. The van der Waals surface area contributed by atoms with Crippen LogP contribution in [0.5, 0.6) is 0 Å². The summed E-state index contributed by atoms with van der Waals surface area (Å²) in [6.07, 6.45) is 6.29. The average Bonchev–Trinajstić information content (AvgIpc) is 2.65. The predicted molar refractivity (Wildman–Crippen MR) is 106 cm³/mol. The number of nitrogens with one attached hydrogen (secondary N) is 1. The molecule has 2 aromatic rings. The van der Waals surface area contributed by atoms with E-state index in [1.54, 1.807) is 0 Å². The Bertz CT molecular complexity index is 762. The zero-order valence-corrected chi connectivity index (χ0v) is 15.9. The van der Waals surface area contributed by atoms with E-state index in [-0.39, 0.29) is 6.10 Å². The van der Waals surface area contributed by atoms with Crippen molar-refractivity contribution in [2.45, 2.75) is 70.6 Å². The van der Waals surface area contributed by atoms with Gasteiger partial charge in [0, 0.05) is 30.6 Å². The van der Waals surface area contributed by atoms with Crippen LogP contribution < -0.4 is 10.2 Å². The summed E-state index contributed by atoms with van der Waals surface area (Å²) in [6, 6.07) is 7.56. The SMILES string of the molecule is Cc1ccc2nc(N3CCC(NC4CCC(O)CC4)CC3)nc(C)c2c1. The molecule has 2 fully saturated rings. The number of nitrogens with zero attached hydrogens (tertiary/aromatic N) is 3. The van der Waals surface area contributed by atoms with Crippen molar-refractivity contribution >= 4 is 16.9 Å². The summed E-state index contributed by atoms with van der Waals surface area (Å²) in [5.74, 6) is 0.873. The molecular formula is C21H30N4O. The molecule has 1 saturated carbocycles. The highest BCUT2D eigenvalue weighted by Crippen LogP contribution is 2.24. The van der Waals surface area contributed by atoms with Crippen LogP contribution in [0.15, 0.2) is 18.2 Å². The van der Waals surface area contributed by atoms with Crippen molar-refractivity contribution in [2.75, 3.05) is 18.0 Å². The fourth-order valence-corrected chi connectivity index (χ4v) is 4.34. The van der Waals surface area contributed by atoms with Crippen LogP contribution in [-0.4, -0.2) is 46.4 Å². The van der Waals surface area contributed by atoms with Crippen LogP contribution in [0, 0.1) is 13.8 Å². The number of fused-ring (bicyclic) bond motifs is 1. The van der Waals surface area contributed by atoms with Gasteiger partial charge in [-0.15, -0.1) is 0 Å². The third-order valence-electron chi connectivity index (χ3n) is 5.98. The number of piperidine rings is 1. The van der Waals surface area contributed by atoms with Crippen molar-refractivity contribution in [1.82, 2.24) is 15.3 Å². The first-order valence-corrected chi connectivity index (χ1v) is 10.0. The largest absolute Gasteiger partial charge is 0.393 e. The summed E-state index contributed by atoms with van der Waals surface area (Å²) in [7, 11) is 0. The molecule has 0 amide bonds. The molecule has 1 aliphatic carbocycles. The van der Waals surface area contributed by atoms with Gasteiger partial charge in [0.25, 0.3) is 0 Å². The van der Waals surface area contributed by atoms with Gasteiger partial charge >= 0.3 is 0 Å². The number of benzene rings is 1. The van der Waals surface area contributed by atoms with Crippen LogP contribution in [0.3, 0.4) is 0 Å². The summed E-state index contributed by atoms with van der Waals surface area (Å²) in [4.78, 5) is 11.9. The molecule has 26 heavy (non-hydrogen) atoms. The van der Waals surface area contributed by atoms with Crippen molar-refractivity contribution in [3.63, 3.8) is 0 Å². The fourth-order valence-electron chi connectivity index (χ4n) is 4.34. The van der Waals surface area contributed by atoms with Gasteiger partial charge in [-0.1, -0.05) is 11.6 Å². The summed E-state index contributed by atoms with van der Waals surface area (Å²) >= 11 is 0. The Morgan fingerprint density at radius 3 is 2.38 bits per heavy atom. The van der Waals surface area contributed by atoms with E-state index >= 15 is 0 Å². The van der Waals surface area contributed by atoms with Gasteiger partial charge in [0.05, 0.1) is 17.3 Å². The monoisotopic (exact) mass is 354 g/mol. The number of aliphatic hydroxyl groups excluding tert-OH is 1. The minimum Gasteiger partial charge on any atom is -0.393 e. The second-order valence-electron chi connectivity index (χ2n) is 8.06. The molecule has 0 unspecified atom stereocenters. The molecule has 0 bridgehead atoms. The van der Waals surface area contributed by atoms with E-state index in [9.17, 15) is 5.11 Å². The van der Waals surface area contributed by atoms with Crippen molar-refractivity contribution in [1.29, 1.82) is 0 Å². The lowest BCUT2D eigenvalue weighted by molar-refractivity contribution is 0.113. The maximum atomic E-state index is 9.66. The number of hydrogen-bond donors (Lipinski definition) is 2. The summed E-state index contributed by atoms with van der Waals surface area (Å²) in [5.41, 5.74) is 3.35. The Morgan fingerprint density at radius 1 is 0.962 bits per heavy atom. The van der Waals surface area contributed by atoms with Gasteiger partial charge in [0.2, 0.25) is 5.95 Å². The third-order valence-corrected chi connectivity index (χ3v) is 5.98. The van der Waals surface area contributed by atoms with Crippen molar-refractivity contribution in [3.8, 4) is 0 Å². The second kappa shape index (κ2) is 7.49. The van der Waals surface area contributed by atoms with E-state index in [0.717, 1.165) is 74.2 Å². The minimum atomic E-state index is -0.0769. The molecule has 1 saturated heterocycles. The van der Waals surface area contributed by atoms with E-state index in [1.165, 1.54) is 5.56 Å². The van der Waals surface area contributed by atoms with Crippen LogP contribution >= 0.6 is 0 Å². The Labute approximate surface area is 155 Å². The van der Waals surface area contributed by atoms with Gasteiger partial charge in [-0.25, -0.2) is 9.97 Å². The van der Waals surface area contributed by atoms with Gasteiger partial charge in [-0.05, 0) is 64.5 Å². The maximum absolute atomic E-state index is 9.66. The van der Waals surface area contributed by atoms with Crippen LogP contribution in [0.4, 0.5) is 5.95 Å². The van der Waals surface area contributed by atoms with Gasteiger partial charge in [0.1, 0.15) is 0 Å². The topological polar surface area (TPSA) is 61.3 Å². The number of aromatic nitrogens is 2. The summed E-state index contributed by atoms with van der Waals surface area (Å²) < 4.78 is 0. The number of aryl methyl sites for hydroxylation is 2. The maximum Gasteiger partial charge on any atom is 0.226 e. The van der Waals surface area contributed by atoms with Crippen LogP contribution in [0.25, 0.3) is 10.9 Å². The first-order valence-electron chi connectivity index (χ1n) is 10.0. The Hall–Kier alpha value is -1.72. The number of aliphatic hydroxyl groups is 1. The molecule has 5 nitrogen and oxygen atoms in total. The first-order chi connectivity index (χ1) is 12.6. The van der Waals surface area contributed by atoms with Gasteiger partial charge in [0.15, 0.2) is 0 Å². The van der Waals surface area contributed by atoms with Crippen LogP contribution in [0.1, 0.15) is 49.8 Å². The highest BCUT2D eigenvalue weighted by molar-refractivity contribution is 5.82. The number of hydrogen-bond acceptors (Lipinski definition) is 5. The Kier molecular flexibility index (Phi) is 5.09. The molecular weight excluding hydrogens is 324 g/mol. The Morgan fingerprint density at radius 2 is 1.65 bits per heavy atom. The molecule has 1 aromatic carbocycles. The lowest BCUT2D eigenvalue weighted by atomic mass is 9.91. The highest BCUT2D eigenvalue weighted by Gasteiger charge is 2.26. The van der Waals surface area contributed by atoms with Crippen molar-refractivity contribution < 1.29 is 5.11 Å². The molecule has 2 heterocycles. The molecule has 4 rings (SSSR count). The second-order valence-corrected chi connectivity index (χ2v) is 8.06. The van der Waals surface area contributed by atoms with E-state index in [4.69, 9.17) is 9.97 Å². The van der Waals surface area contributed by atoms with E-state index in [1.807, 2.05) is 0 Å². The van der Waals surface area contributed by atoms with Crippen molar-refractivity contribution in [2.24, 2.45) is 0 Å². The molecule has 1 aromatic heterocycles. The predicted octanol–water partition coefficient (Wildman–Crippen LogP) is 3.11. The normalized spacial score (nSPS) is 25.0. The highest BCUT2D eigenvalue weighted by atomic mass is 16.3.